The first-order chi connectivity index (χ1) is 19.0. The molecule has 0 saturated carbocycles. The van der Waals surface area contributed by atoms with Gasteiger partial charge >= 0.3 is 0 Å². The Bertz CT molecular complexity index is 1410. The number of carbonyl (C=O) groups is 2. The van der Waals surface area contributed by atoms with E-state index in [1.165, 1.54) is 17.0 Å². The lowest BCUT2D eigenvalue weighted by Crippen LogP contribution is -2.53. The second kappa shape index (κ2) is 13.8. The molecular weight excluding hydrogens is 546 g/mol. The minimum Gasteiger partial charge on any atom is -0.352 e. The molecular formula is C31H38ClN3O4S. The Balaban J connectivity index is 2.09. The van der Waals surface area contributed by atoms with Crippen LogP contribution in [0.25, 0.3) is 0 Å². The average Bonchev–Trinajstić information content (AvgIpc) is 2.93. The molecule has 2 atom stereocenters. The van der Waals surface area contributed by atoms with Crippen LogP contribution in [0.4, 0.5) is 5.69 Å². The Morgan fingerprint density at radius 2 is 1.57 bits per heavy atom. The van der Waals surface area contributed by atoms with Gasteiger partial charge < -0.3 is 10.2 Å². The van der Waals surface area contributed by atoms with E-state index in [1.54, 1.807) is 37.3 Å². The van der Waals surface area contributed by atoms with Crippen LogP contribution in [0.1, 0.15) is 50.3 Å². The summed E-state index contributed by atoms with van der Waals surface area (Å²) in [6.45, 7) is 9.01. The molecule has 0 bridgehead atoms. The van der Waals surface area contributed by atoms with Gasteiger partial charge in [0, 0.05) is 17.6 Å². The van der Waals surface area contributed by atoms with Gasteiger partial charge in [0.2, 0.25) is 11.8 Å². The summed E-state index contributed by atoms with van der Waals surface area (Å²) in [7, 11) is -4.16. The predicted molar refractivity (Wildman–Crippen MR) is 161 cm³/mol. The van der Waals surface area contributed by atoms with Gasteiger partial charge in [-0.15, -0.1) is 0 Å². The largest absolute Gasteiger partial charge is 0.352 e. The summed E-state index contributed by atoms with van der Waals surface area (Å²) in [5.41, 5.74) is 2.69. The lowest BCUT2D eigenvalue weighted by atomic mass is 10.1. The summed E-state index contributed by atoms with van der Waals surface area (Å²) < 4.78 is 29.1. The molecule has 0 aliphatic carbocycles. The highest BCUT2D eigenvalue weighted by molar-refractivity contribution is 7.92. The lowest BCUT2D eigenvalue weighted by molar-refractivity contribution is -0.140. The first-order valence-corrected chi connectivity index (χ1v) is 15.3. The van der Waals surface area contributed by atoms with Crippen LogP contribution in [0.5, 0.6) is 0 Å². The maximum Gasteiger partial charge on any atom is 0.264 e. The van der Waals surface area contributed by atoms with E-state index in [2.05, 4.69) is 5.32 Å². The number of carbonyl (C=O) groups excluding carboxylic acids is 2. The van der Waals surface area contributed by atoms with Crippen LogP contribution < -0.4 is 9.62 Å². The van der Waals surface area contributed by atoms with E-state index in [0.717, 1.165) is 21.9 Å². The molecule has 0 heterocycles. The fourth-order valence-electron chi connectivity index (χ4n) is 4.34. The Kier molecular flexibility index (Phi) is 10.8. The maximum absolute atomic E-state index is 14.1. The van der Waals surface area contributed by atoms with Crippen LogP contribution in [0.3, 0.4) is 0 Å². The van der Waals surface area contributed by atoms with Gasteiger partial charge in [0.1, 0.15) is 12.6 Å². The highest BCUT2D eigenvalue weighted by Crippen LogP contribution is 2.30. The van der Waals surface area contributed by atoms with Crippen molar-refractivity contribution in [1.29, 1.82) is 0 Å². The number of hydrogen-bond acceptors (Lipinski definition) is 4. The van der Waals surface area contributed by atoms with Gasteiger partial charge in [-0.25, -0.2) is 8.42 Å². The number of amides is 2. The zero-order valence-corrected chi connectivity index (χ0v) is 25.3. The van der Waals surface area contributed by atoms with E-state index < -0.39 is 28.5 Å². The van der Waals surface area contributed by atoms with Gasteiger partial charge in [-0.2, -0.15) is 0 Å². The Morgan fingerprint density at radius 3 is 2.17 bits per heavy atom. The quantitative estimate of drug-likeness (QED) is 0.289. The molecule has 0 spiro atoms. The highest BCUT2D eigenvalue weighted by atomic mass is 35.5. The zero-order chi connectivity index (χ0) is 29.4. The zero-order valence-electron chi connectivity index (χ0n) is 23.7. The molecule has 0 saturated heterocycles. The second-order valence-electron chi connectivity index (χ2n) is 10.0. The van der Waals surface area contributed by atoms with Gasteiger partial charge in [0.15, 0.2) is 0 Å². The third kappa shape index (κ3) is 7.64. The van der Waals surface area contributed by atoms with Crippen LogP contribution in [0, 0.1) is 13.8 Å². The molecule has 3 aromatic carbocycles. The van der Waals surface area contributed by atoms with E-state index >= 15 is 0 Å². The minimum atomic E-state index is -4.16. The van der Waals surface area contributed by atoms with Gasteiger partial charge in [-0.3, -0.25) is 13.9 Å². The van der Waals surface area contributed by atoms with Crippen molar-refractivity contribution in [1.82, 2.24) is 10.2 Å². The molecule has 40 heavy (non-hydrogen) atoms. The van der Waals surface area contributed by atoms with Crippen molar-refractivity contribution in [3.63, 3.8) is 0 Å². The van der Waals surface area contributed by atoms with E-state index in [-0.39, 0.29) is 23.4 Å². The summed E-state index contributed by atoms with van der Waals surface area (Å²) in [5.74, 6) is -0.766. The molecule has 9 heteroatoms. The number of nitrogens with one attached hydrogen (secondary N) is 1. The van der Waals surface area contributed by atoms with Gasteiger partial charge in [0.05, 0.1) is 10.6 Å². The van der Waals surface area contributed by atoms with Gasteiger partial charge in [0.25, 0.3) is 10.0 Å². The van der Waals surface area contributed by atoms with Crippen LogP contribution >= 0.6 is 11.6 Å². The third-order valence-corrected chi connectivity index (χ3v) is 8.92. The predicted octanol–water partition coefficient (Wildman–Crippen LogP) is 5.87. The van der Waals surface area contributed by atoms with E-state index in [4.69, 9.17) is 11.6 Å². The summed E-state index contributed by atoms with van der Waals surface area (Å²) >= 11 is 6.29. The summed E-state index contributed by atoms with van der Waals surface area (Å²) in [4.78, 5) is 29.0. The number of anilines is 1. The van der Waals surface area contributed by atoms with Crippen molar-refractivity contribution < 1.29 is 18.0 Å². The molecule has 0 aromatic heterocycles. The van der Waals surface area contributed by atoms with Crippen LogP contribution in [0.2, 0.25) is 5.02 Å². The lowest BCUT2D eigenvalue weighted by Gasteiger charge is -2.34. The topological polar surface area (TPSA) is 86.8 Å². The van der Waals surface area contributed by atoms with Crippen molar-refractivity contribution in [3.8, 4) is 0 Å². The smallest absolute Gasteiger partial charge is 0.264 e. The molecule has 0 fully saturated rings. The third-order valence-electron chi connectivity index (χ3n) is 6.91. The molecule has 3 aromatic rings. The maximum atomic E-state index is 14.1. The second-order valence-corrected chi connectivity index (χ2v) is 12.3. The van der Waals surface area contributed by atoms with Crippen molar-refractivity contribution in [2.45, 2.75) is 71.0 Å². The standard InChI is InChI=1S/C31H38ClN3O4S/c1-6-24(5)33-31(37)28(7-2)34(20-25-11-9-8-10-12-25)30(36)21-35(29-19-26(32)16-15-23(29)4)40(38,39)27-17-13-22(3)14-18-27/h8-19,24,28H,6-7,20-21H2,1-5H3,(H,33,37)/t24-,28-/m0/s1. The normalized spacial score (nSPS) is 12.8. The molecule has 0 aliphatic rings. The van der Waals surface area contributed by atoms with Crippen LogP contribution in [-0.4, -0.2) is 43.8 Å². The average molecular weight is 584 g/mol. The first kappa shape index (κ1) is 31.2. The number of hydrogen-bond donors (Lipinski definition) is 1. The van der Waals surface area contributed by atoms with E-state index in [9.17, 15) is 18.0 Å². The fourth-order valence-corrected chi connectivity index (χ4v) is 5.98. The molecule has 2 amide bonds. The van der Waals surface area contributed by atoms with Crippen LogP contribution in [-0.2, 0) is 26.2 Å². The van der Waals surface area contributed by atoms with E-state index in [0.29, 0.717) is 22.7 Å². The van der Waals surface area contributed by atoms with Crippen molar-refractivity contribution in [2.24, 2.45) is 0 Å². The number of halogens is 1. The summed E-state index contributed by atoms with van der Waals surface area (Å²) in [6.07, 6.45) is 1.10. The van der Waals surface area contributed by atoms with E-state index in [1.807, 2.05) is 58.0 Å². The Morgan fingerprint density at radius 1 is 0.925 bits per heavy atom. The molecule has 1 N–H and O–H groups in total. The SMILES string of the molecule is CC[C@H](C)NC(=O)[C@H](CC)N(Cc1ccccc1)C(=O)CN(c1cc(Cl)ccc1C)S(=O)(=O)c1ccc(C)cc1. The molecule has 0 aliphatic heterocycles. The minimum absolute atomic E-state index is 0.0569. The molecule has 0 radical (unpaired) electrons. The number of sulfonamides is 1. The fraction of sp³-hybridized carbons (Fsp3) is 0.355. The van der Waals surface area contributed by atoms with Gasteiger partial charge in [-0.05, 0) is 69.0 Å². The number of rotatable bonds is 12. The molecule has 7 nitrogen and oxygen atoms in total. The molecule has 3 rings (SSSR count). The Labute approximate surface area is 243 Å². The molecule has 214 valence electrons. The Hall–Kier alpha value is -3.36. The van der Waals surface area contributed by atoms with Crippen molar-refractivity contribution >= 4 is 39.1 Å². The number of aryl methyl sites for hydroxylation is 2. The monoisotopic (exact) mass is 583 g/mol. The van der Waals surface area contributed by atoms with Crippen LogP contribution in [0.15, 0.2) is 77.7 Å². The van der Waals surface area contributed by atoms with Crippen molar-refractivity contribution in [2.75, 3.05) is 10.8 Å². The highest BCUT2D eigenvalue weighted by Gasteiger charge is 2.34. The summed E-state index contributed by atoms with van der Waals surface area (Å²) in [5, 5.41) is 3.33. The van der Waals surface area contributed by atoms with Crippen molar-refractivity contribution in [3.05, 3.63) is 94.5 Å². The molecule has 0 unspecified atom stereocenters. The number of nitrogens with zero attached hydrogens (tertiary/aromatic N) is 2. The number of benzene rings is 3. The van der Waals surface area contributed by atoms with Gasteiger partial charge in [-0.1, -0.05) is 79.5 Å². The first-order valence-electron chi connectivity index (χ1n) is 13.5. The summed E-state index contributed by atoms with van der Waals surface area (Å²) in [6, 6.07) is 19.9.